The lowest BCUT2D eigenvalue weighted by molar-refractivity contribution is 0.237. The van der Waals surface area contributed by atoms with Crippen molar-refractivity contribution in [3.8, 4) is 0 Å². The van der Waals surface area contributed by atoms with Gasteiger partial charge in [-0.05, 0) is 25.9 Å². The van der Waals surface area contributed by atoms with Gasteiger partial charge in [-0.15, -0.1) is 0 Å². The normalized spacial score (nSPS) is 29.5. The number of piperazine rings is 1. The predicted octanol–water partition coefficient (Wildman–Crippen LogP) is -0.942. The Bertz CT molecular complexity index is 326. The summed E-state index contributed by atoms with van der Waals surface area (Å²) in [5, 5.41) is 6.69. The molecule has 0 amide bonds. The molecule has 0 aromatic rings. The van der Waals surface area contributed by atoms with Gasteiger partial charge in [0.1, 0.15) is 0 Å². The fourth-order valence-electron chi connectivity index (χ4n) is 2.50. The summed E-state index contributed by atoms with van der Waals surface area (Å²) in [6, 6.07) is 0.197. The summed E-state index contributed by atoms with van der Waals surface area (Å²) in [4.78, 5) is 2.46. The van der Waals surface area contributed by atoms with Gasteiger partial charge < -0.3 is 15.5 Å². The minimum Gasteiger partial charge on any atom is -0.314 e. The van der Waals surface area contributed by atoms with E-state index in [0.717, 1.165) is 52.1 Å². The van der Waals surface area contributed by atoms with Crippen molar-refractivity contribution in [2.45, 2.75) is 18.9 Å². The van der Waals surface area contributed by atoms with Crippen LogP contribution in [0.3, 0.4) is 0 Å². The molecule has 1 unspecified atom stereocenters. The van der Waals surface area contributed by atoms with Crippen LogP contribution < -0.4 is 10.6 Å². The lowest BCUT2D eigenvalue weighted by Crippen LogP contribution is -2.44. The lowest BCUT2D eigenvalue weighted by atomic mass is 10.2. The van der Waals surface area contributed by atoms with Crippen molar-refractivity contribution in [2.75, 3.05) is 50.8 Å². The SMILES string of the molecule is O=S1(=O)CCC(NCCCN2CCNCC2)C1. The highest BCUT2D eigenvalue weighted by atomic mass is 32.2. The molecule has 2 N–H and O–H groups in total. The Morgan fingerprint density at radius 2 is 2.06 bits per heavy atom. The van der Waals surface area contributed by atoms with Crippen LogP contribution in [0, 0.1) is 0 Å². The number of rotatable bonds is 5. The summed E-state index contributed by atoms with van der Waals surface area (Å²) < 4.78 is 22.5. The first-order chi connectivity index (χ1) is 8.16. The van der Waals surface area contributed by atoms with Gasteiger partial charge in [0.15, 0.2) is 9.84 Å². The predicted molar refractivity (Wildman–Crippen MR) is 69.0 cm³/mol. The second-order valence-corrected chi connectivity index (χ2v) is 7.23. The van der Waals surface area contributed by atoms with Crippen LogP contribution in [0.4, 0.5) is 0 Å². The molecule has 0 saturated carbocycles. The van der Waals surface area contributed by atoms with Gasteiger partial charge in [0.2, 0.25) is 0 Å². The van der Waals surface area contributed by atoms with Crippen molar-refractivity contribution in [3.63, 3.8) is 0 Å². The molecule has 0 radical (unpaired) electrons. The third kappa shape index (κ3) is 4.54. The van der Waals surface area contributed by atoms with Gasteiger partial charge in [-0.25, -0.2) is 8.42 Å². The van der Waals surface area contributed by atoms with Crippen LogP contribution in [-0.4, -0.2) is 70.1 Å². The van der Waals surface area contributed by atoms with E-state index in [2.05, 4.69) is 15.5 Å². The van der Waals surface area contributed by atoms with E-state index >= 15 is 0 Å². The van der Waals surface area contributed by atoms with Crippen LogP contribution in [0.2, 0.25) is 0 Å². The zero-order chi connectivity index (χ0) is 12.1. The summed E-state index contributed by atoms with van der Waals surface area (Å²) in [6.45, 7) is 6.51. The van der Waals surface area contributed by atoms with Crippen LogP contribution in [0.15, 0.2) is 0 Å². The molecule has 0 aromatic carbocycles. The minimum atomic E-state index is -2.73. The molecule has 0 bridgehead atoms. The molecule has 6 heteroatoms. The summed E-state index contributed by atoms with van der Waals surface area (Å²) in [6.07, 6.45) is 1.90. The van der Waals surface area contributed by atoms with Gasteiger partial charge in [-0.3, -0.25) is 0 Å². The molecule has 17 heavy (non-hydrogen) atoms. The maximum atomic E-state index is 11.3. The quantitative estimate of drug-likeness (QED) is 0.626. The largest absolute Gasteiger partial charge is 0.314 e. The van der Waals surface area contributed by atoms with Gasteiger partial charge in [0.25, 0.3) is 0 Å². The monoisotopic (exact) mass is 261 g/mol. The Kier molecular flexibility index (Phi) is 4.78. The van der Waals surface area contributed by atoms with E-state index in [9.17, 15) is 8.42 Å². The summed E-state index contributed by atoms with van der Waals surface area (Å²) >= 11 is 0. The van der Waals surface area contributed by atoms with Crippen LogP contribution >= 0.6 is 0 Å². The van der Waals surface area contributed by atoms with E-state index in [-0.39, 0.29) is 6.04 Å². The first kappa shape index (κ1) is 13.3. The van der Waals surface area contributed by atoms with Crippen molar-refractivity contribution in [3.05, 3.63) is 0 Å². The molecule has 100 valence electrons. The van der Waals surface area contributed by atoms with Gasteiger partial charge in [0, 0.05) is 32.2 Å². The highest BCUT2D eigenvalue weighted by Crippen LogP contribution is 2.10. The minimum absolute atomic E-state index is 0.197. The maximum Gasteiger partial charge on any atom is 0.151 e. The zero-order valence-electron chi connectivity index (χ0n) is 10.3. The van der Waals surface area contributed by atoms with Gasteiger partial charge >= 0.3 is 0 Å². The second kappa shape index (κ2) is 6.13. The molecule has 2 rings (SSSR count). The second-order valence-electron chi connectivity index (χ2n) is 5.00. The Labute approximate surface area is 104 Å². The van der Waals surface area contributed by atoms with Crippen LogP contribution in [0.25, 0.3) is 0 Å². The summed E-state index contributed by atoms with van der Waals surface area (Å²) in [5.74, 6) is 0.698. The zero-order valence-corrected chi connectivity index (χ0v) is 11.1. The third-order valence-corrected chi connectivity index (χ3v) is 5.29. The Morgan fingerprint density at radius 3 is 2.71 bits per heavy atom. The fourth-order valence-corrected chi connectivity index (χ4v) is 4.21. The van der Waals surface area contributed by atoms with E-state index < -0.39 is 9.84 Å². The number of nitrogens with one attached hydrogen (secondary N) is 2. The standard InChI is InChI=1S/C11H23N3O2S/c15-17(16)9-2-11(10-17)13-3-1-6-14-7-4-12-5-8-14/h11-13H,1-10H2. The van der Waals surface area contributed by atoms with Crippen molar-refractivity contribution in [2.24, 2.45) is 0 Å². The highest BCUT2D eigenvalue weighted by Gasteiger charge is 2.26. The molecular formula is C11H23N3O2S. The average Bonchev–Trinajstić information content (AvgIpc) is 2.66. The summed E-state index contributed by atoms with van der Waals surface area (Å²) in [5.41, 5.74) is 0. The van der Waals surface area contributed by atoms with E-state index in [1.54, 1.807) is 0 Å². The molecule has 2 aliphatic rings. The molecule has 0 aliphatic carbocycles. The maximum absolute atomic E-state index is 11.3. The summed E-state index contributed by atoms with van der Waals surface area (Å²) in [7, 11) is -2.73. The first-order valence-corrected chi connectivity index (χ1v) is 8.35. The smallest absolute Gasteiger partial charge is 0.151 e. The molecule has 1 atom stereocenters. The Hall–Kier alpha value is -0.170. The number of hydrogen-bond acceptors (Lipinski definition) is 5. The fraction of sp³-hybridized carbons (Fsp3) is 1.00. The molecule has 5 nitrogen and oxygen atoms in total. The van der Waals surface area contributed by atoms with Crippen LogP contribution in [0.5, 0.6) is 0 Å². The lowest BCUT2D eigenvalue weighted by Gasteiger charge is -2.27. The van der Waals surface area contributed by atoms with E-state index in [4.69, 9.17) is 0 Å². The molecule has 0 spiro atoms. The Balaban J connectivity index is 1.54. The van der Waals surface area contributed by atoms with E-state index in [1.165, 1.54) is 0 Å². The highest BCUT2D eigenvalue weighted by molar-refractivity contribution is 7.91. The van der Waals surface area contributed by atoms with Crippen molar-refractivity contribution in [1.29, 1.82) is 0 Å². The molecule has 2 fully saturated rings. The van der Waals surface area contributed by atoms with Crippen molar-refractivity contribution in [1.82, 2.24) is 15.5 Å². The first-order valence-electron chi connectivity index (χ1n) is 6.53. The van der Waals surface area contributed by atoms with Gasteiger partial charge in [-0.2, -0.15) is 0 Å². The Morgan fingerprint density at radius 1 is 1.29 bits per heavy atom. The van der Waals surface area contributed by atoms with Crippen LogP contribution in [0.1, 0.15) is 12.8 Å². The van der Waals surface area contributed by atoms with Crippen molar-refractivity contribution < 1.29 is 8.42 Å². The van der Waals surface area contributed by atoms with Crippen molar-refractivity contribution >= 4 is 9.84 Å². The number of sulfone groups is 1. The van der Waals surface area contributed by atoms with Gasteiger partial charge in [-0.1, -0.05) is 0 Å². The number of hydrogen-bond donors (Lipinski definition) is 2. The van der Waals surface area contributed by atoms with E-state index in [1.807, 2.05) is 0 Å². The van der Waals surface area contributed by atoms with E-state index in [0.29, 0.717) is 11.5 Å². The van der Waals surface area contributed by atoms with Crippen LogP contribution in [-0.2, 0) is 9.84 Å². The number of nitrogens with zero attached hydrogens (tertiary/aromatic N) is 1. The van der Waals surface area contributed by atoms with Gasteiger partial charge in [0.05, 0.1) is 11.5 Å². The molecule has 2 heterocycles. The molecule has 0 aromatic heterocycles. The topological polar surface area (TPSA) is 61.4 Å². The molecule has 2 aliphatic heterocycles. The molecular weight excluding hydrogens is 238 g/mol. The third-order valence-electron chi connectivity index (χ3n) is 3.53. The average molecular weight is 261 g/mol. The molecule has 2 saturated heterocycles.